The fourth-order valence-electron chi connectivity index (χ4n) is 8.46. The molecule has 3 unspecified atom stereocenters. The van der Waals surface area contributed by atoms with Crippen molar-refractivity contribution in [2.24, 2.45) is 17.3 Å². The Labute approximate surface area is 201 Å². The van der Waals surface area contributed by atoms with E-state index in [9.17, 15) is 15.3 Å². The second kappa shape index (κ2) is 6.20. The van der Waals surface area contributed by atoms with E-state index in [-0.39, 0.29) is 34.6 Å². The molecule has 5 aliphatic carbocycles. The average Bonchev–Trinajstić information content (AvgIpc) is 3.53. The molecule has 0 aromatic heterocycles. The lowest BCUT2D eigenvalue weighted by Gasteiger charge is -2.70. The van der Waals surface area contributed by atoms with Crippen molar-refractivity contribution in [1.82, 2.24) is 4.90 Å². The maximum absolute atomic E-state index is 12.0. The zero-order valence-electron chi connectivity index (χ0n) is 20.9. The van der Waals surface area contributed by atoms with Gasteiger partial charge in [-0.3, -0.25) is 4.90 Å². The molecular weight excluding hydrogens is 430 g/mol. The van der Waals surface area contributed by atoms with Crippen molar-refractivity contribution in [3.05, 3.63) is 34.4 Å². The number of aliphatic hydroxyl groups is 2. The van der Waals surface area contributed by atoms with Crippen molar-refractivity contribution in [3.8, 4) is 11.5 Å². The van der Waals surface area contributed by atoms with Crippen molar-refractivity contribution in [2.45, 2.75) is 94.8 Å². The number of hydrogen-bond donors (Lipinski definition) is 3. The number of piperidine rings is 1. The highest BCUT2D eigenvalue weighted by atomic mass is 16.6. The van der Waals surface area contributed by atoms with Crippen molar-refractivity contribution >= 4 is 0 Å². The minimum atomic E-state index is -1.01. The number of hydrogen-bond acceptors (Lipinski definition) is 6. The zero-order valence-corrected chi connectivity index (χ0v) is 20.9. The first-order valence-corrected chi connectivity index (χ1v) is 13.0. The number of methoxy groups -OCH3 is 1. The van der Waals surface area contributed by atoms with Gasteiger partial charge in [-0.15, -0.1) is 0 Å². The number of aromatic hydroxyl groups is 1. The third kappa shape index (κ3) is 2.20. The van der Waals surface area contributed by atoms with Gasteiger partial charge in [-0.25, -0.2) is 0 Å². The number of aliphatic hydroxyl groups excluding tert-OH is 1. The van der Waals surface area contributed by atoms with Gasteiger partial charge in [0.25, 0.3) is 0 Å². The molecule has 4 bridgehead atoms. The third-order valence-electron chi connectivity index (χ3n) is 10.7. The Kier molecular flexibility index (Phi) is 3.95. The fraction of sp³-hybridized carbons (Fsp3) is 0.714. The van der Waals surface area contributed by atoms with E-state index in [1.807, 2.05) is 13.0 Å². The van der Waals surface area contributed by atoms with Crippen LogP contribution < -0.4 is 4.74 Å². The van der Waals surface area contributed by atoms with Gasteiger partial charge in [-0.1, -0.05) is 32.4 Å². The van der Waals surface area contributed by atoms with Crippen molar-refractivity contribution < 1.29 is 24.8 Å². The van der Waals surface area contributed by atoms with Crippen LogP contribution in [0.4, 0.5) is 0 Å². The molecule has 1 spiro atoms. The van der Waals surface area contributed by atoms with Gasteiger partial charge in [0, 0.05) is 37.6 Å². The summed E-state index contributed by atoms with van der Waals surface area (Å²) < 4.78 is 13.1. The van der Waals surface area contributed by atoms with Gasteiger partial charge >= 0.3 is 0 Å². The zero-order chi connectivity index (χ0) is 24.0. The van der Waals surface area contributed by atoms with Crippen LogP contribution in [0.25, 0.3) is 0 Å². The minimum absolute atomic E-state index is 0.0851. The van der Waals surface area contributed by atoms with Gasteiger partial charge in [0.2, 0.25) is 0 Å². The van der Waals surface area contributed by atoms with Gasteiger partial charge in [0.15, 0.2) is 11.5 Å². The fourth-order valence-corrected chi connectivity index (χ4v) is 8.46. The SMILES string of the molecule is CO[C@@]12CC(=C3C4Cc5ccc(O)c6c5[C@@]3(CCN4C(O)C3CC3)[C@H]1O6)[C@@H]2C(C)(O)C(C)(C)C. The van der Waals surface area contributed by atoms with Crippen LogP contribution in [0.5, 0.6) is 11.5 Å². The lowest BCUT2D eigenvalue weighted by molar-refractivity contribution is -0.245. The standard InChI is InChI=1S/C28H37NO5/c1-25(2,3)26(4,32)22-16-13-28(22,33-5)24-27-10-11-29(23(31)14-6-7-14)17(20(16)27)12-15-8-9-18(30)21(34-24)19(15)27/h8-9,14,17,22-24,30-32H,6-7,10-13H2,1-5H3/t17?,22-,23?,24-,26?,27-,28-/m1/s1. The monoisotopic (exact) mass is 467 g/mol. The molecule has 184 valence electrons. The third-order valence-corrected chi connectivity index (χ3v) is 10.7. The van der Waals surface area contributed by atoms with Crippen molar-refractivity contribution in [1.29, 1.82) is 0 Å². The van der Waals surface area contributed by atoms with Gasteiger partial charge in [0.1, 0.15) is 17.9 Å². The van der Waals surface area contributed by atoms with Crippen LogP contribution in [0.15, 0.2) is 23.3 Å². The van der Waals surface area contributed by atoms with Crippen LogP contribution in [0.1, 0.15) is 64.5 Å². The highest BCUT2D eigenvalue weighted by Crippen LogP contribution is 2.74. The molecule has 8 rings (SSSR count). The molecule has 6 heteroatoms. The van der Waals surface area contributed by atoms with Crippen molar-refractivity contribution in [2.75, 3.05) is 13.7 Å². The van der Waals surface area contributed by atoms with E-state index in [2.05, 4.69) is 25.7 Å². The van der Waals surface area contributed by atoms with Gasteiger partial charge in [-0.05, 0) is 61.1 Å². The smallest absolute Gasteiger partial charge is 0.166 e. The predicted octanol–water partition coefficient (Wildman–Crippen LogP) is 3.26. The van der Waals surface area contributed by atoms with E-state index in [1.54, 1.807) is 13.2 Å². The summed E-state index contributed by atoms with van der Waals surface area (Å²) in [5, 5.41) is 34.2. The summed E-state index contributed by atoms with van der Waals surface area (Å²) in [6.45, 7) is 9.01. The molecule has 1 saturated heterocycles. The molecule has 2 aliphatic heterocycles. The molecule has 0 radical (unpaired) electrons. The van der Waals surface area contributed by atoms with Crippen LogP contribution in [0.2, 0.25) is 0 Å². The first kappa shape index (κ1) is 21.7. The molecule has 2 saturated carbocycles. The summed E-state index contributed by atoms with van der Waals surface area (Å²) >= 11 is 0. The summed E-state index contributed by atoms with van der Waals surface area (Å²) in [7, 11) is 1.75. The topological polar surface area (TPSA) is 82.4 Å². The Morgan fingerprint density at radius 3 is 2.59 bits per heavy atom. The summed E-state index contributed by atoms with van der Waals surface area (Å²) in [6, 6.07) is 3.89. The predicted molar refractivity (Wildman–Crippen MR) is 127 cm³/mol. The lowest BCUT2D eigenvalue weighted by atomic mass is 9.39. The average molecular weight is 468 g/mol. The number of likely N-dealkylation sites (tertiary alicyclic amines) is 1. The van der Waals surface area contributed by atoms with Gasteiger partial charge in [0.05, 0.1) is 11.0 Å². The van der Waals surface area contributed by atoms with Crippen LogP contribution in [0.3, 0.4) is 0 Å². The molecule has 7 aliphatic rings. The summed E-state index contributed by atoms with van der Waals surface area (Å²) in [5.41, 5.74) is 2.58. The Bertz CT molecular complexity index is 1130. The first-order valence-electron chi connectivity index (χ1n) is 13.0. The van der Waals surface area contributed by atoms with E-state index >= 15 is 0 Å². The molecule has 2 heterocycles. The molecule has 6 nitrogen and oxygen atoms in total. The van der Waals surface area contributed by atoms with Crippen LogP contribution in [-0.4, -0.2) is 63.4 Å². The molecule has 3 fully saturated rings. The molecule has 0 amide bonds. The number of rotatable bonds is 4. The molecule has 7 atom stereocenters. The van der Waals surface area contributed by atoms with E-state index in [1.165, 1.54) is 16.7 Å². The number of nitrogens with zero attached hydrogens (tertiary/aromatic N) is 1. The Morgan fingerprint density at radius 2 is 1.94 bits per heavy atom. The van der Waals surface area contributed by atoms with E-state index in [0.29, 0.717) is 11.7 Å². The summed E-state index contributed by atoms with van der Waals surface area (Å²) in [5.74, 6) is 0.960. The molecule has 1 aromatic rings. The van der Waals surface area contributed by atoms with Crippen molar-refractivity contribution in [3.63, 3.8) is 0 Å². The second-order valence-corrected chi connectivity index (χ2v) is 13.0. The molecule has 34 heavy (non-hydrogen) atoms. The van der Waals surface area contributed by atoms with E-state index < -0.39 is 17.4 Å². The van der Waals surface area contributed by atoms with Crippen LogP contribution in [-0.2, 0) is 16.6 Å². The second-order valence-electron chi connectivity index (χ2n) is 13.0. The maximum atomic E-state index is 12.0. The van der Waals surface area contributed by atoms with Crippen LogP contribution in [0, 0.1) is 17.3 Å². The Hall–Kier alpha value is -1.60. The van der Waals surface area contributed by atoms with Gasteiger partial charge in [-0.2, -0.15) is 0 Å². The summed E-state index contributed by atoms with van der Waals surface area (Å²) in [6.07, 6.45) is 3.82. The number of benzene rings is 1. The lowest BCUT2D eigenvalue weighted by Crippen LogP contribution is -2.78. The van der Waals surface area contributed by atoms with Crippen LogP contribution >= 0.6 is 0 Å². The normalized spacial score (nSPS) is 40.3. The van der Waals surface area contributed by atoms with E-state index in [0.717, 1.165) is 44.2 Å². The van der Waals surface area contributed by atoms with Gasteiger partial charge < -0.3 is 24.8 Å². The quantitative estimate of drug-likeness (QED) is 0.590. The molecular formula is C28H37NO5. The van der Waals surface area contributed by atoms with E-state index in [4.69, 9.17) is 9.47 Å². The largest absolute Gasteiger partial charge is 0.504 e. The molecule has 1 aromatic carbocycles. The number of phenolic OH excluding ortho intramolecular Hbond substituents is 1. The first-order chi connectivity index (χ1) is 16.0. The number of ether oxygens (including phenoxy) is 2. The number of phenols is 1. The maximum Gasteiger partial charge on any atom is 0.166 e. The summed E-state index contributed by atoms with van der Waals surface area (Å²) in [4.78, 5) is 2.33. The Balaban J connectivity index is 1.50. The Morgan fingerprint density at radius 1 is 1.21 bits per heavy atom. The highest BCUT2D eigenvalue weighted by Gasteiger charge is 2.78. The molecule has 3 N–H and O–H groups in total. The minimum Gasteiger partial charge on any atom is -0.504 e. The highest BCUT2D eigenvalue weighted by molar-refractivity contribution is 5.70.